The van der Waals surface area contributed by atoms with Crippen LogP contribution in [0.15, 0.2) is 0 Å². The van der Waals surface area contributed by atoms with E-state index in [0.717, 1.165) is 19.4 Å². The van der Waals surface area contributed by atoms with Crippen LogP contribution in [0.4, 0.5) is 0 Å². The summed E-state index contributed by atoms with van der Waals surface area (Å²) >= 11 is 4.85. The molecule has 1 rings (SSSR count). The average molecular weight is 179 g/mol. The summed E-state index contributed by atoms with van der Waals surface area (Å²) in [5.74, 6) is -0.713. The lowest BCUT2D eigenvalue weighted by Crippen LogP contribution is -2.28. The molecular formula is C5H10NO2PS. The third-order valence-electron chi connectivity index (χ3n) is 1.71. The Kier molecular flexibility index (Phi) is 2.83. The van der Waals surface area contributed by atoms with Gasteiger partial charge < -0.3 is 5.11 Å². The summed E-state index contributed by atoms with van der Waals surface area (Å²) < 4.78 is 1.90. The van der Waals surface area contributed by atoms with Crippen molar-refractivity contribution in [3.05, 3.63) is 0 Å². The molecular weight excluding hydrogens is 169 g/mol. The van der Waals surface area contributed by atoms with Gasteiger partial charge in [0, 0.05) is 6.54 Å². The van der Waals surface area contributed by atoms with Gasteiger partial charge in [-0.05, 0) is 20.3 Å². The summed E-state index contributed by atoms with van der Waals surface area (Å²) in [6.45, 7) is 0.885. The molecule has 1 aliphatic heterocycles. The molecule has 58 valence electrons. The van der Waals surface area contributed by atoms with Gasteiger partial charge in [-0.25, -0.2) is 0 Å². The highest BCUT2D eigenvalue weighted by molar-refractivity contribution is 7.95. The highest BCUT2D eigenvalue weighted by atomic mass is 32.4. The van der Waals surface area contributed by atoms with Crippen LogP contribution in [0.5, 0.6) is 0 Å². The number of nitrogens with zero attached hydrogens (tertiary/aromatic N) is 1. The maximum atomic E-state index is 10.5. The summed E-state index contributed by atoms with van der Waals surface area (Å²) in [7, 11) is -0.222. The number of carboxylic acids is 1. The van der Waals surface area contributed by atoms with Crippen molar-refractivity contribution in [1.82, 2.24) is 4.67 Å². The number of rotatable bonds is 2. The summed E-state index contributed by atoms with van der Waals surface area (Å²) in [5.41, 5.74) is 0. The fourth-order valence-electron chi connectivity index (χ4n) is 1.18. The Labute approximate surface area is 65.9 Å². The first-order valence-corrected chi connectivity index (χ1v) is 5.59. The van der Waals surface area contributed by atoms with Crippen molar-refractivity contribution in [1.29, 1.82) is 0 Å². The van der Waals surface area contributed by atoms with Crippen LogP contribution in [0, 0.1) is 0 Å². The number of carbonyl (C=O) groups is 1. The Bertz CT molecular complexity index is 164. The van der Waals surface area contributed by atoms with E-state index in [1.807, 2.05) is 4.67 Å². The van der Waals surface area contributed by atoms with Gasteiger partial charge in [-0.2, -0.15) is 0 Å². The molecule has 1 N–H and O–H groups in total. The fourth-order valence-corrected chi connectivity index (χ4v) is 2.65. The minimum atomic E-state index is -0.713. The molecule has 1 fully saturated rings. The van der Waals surface area contributed by atoms with Gasteiger partial charge in [-0.1, -0.05) is 11.8 Å². The standard InChI is InChI=1S/C5H10NO2PS/c7-5(8)4-2-1-3-6(4)9-10/h4H,1-3,9H2,(H,7,8). The predicted octanol–water partition coefficient (Wildman–Crippen LogP) is 0.323. The molecule has 0 bridgehead atoms. The van der Waals surface area contributed by atoms with Crippen molar-refractivity contribution in [2.24, 2.45) is 0 Å². The second-order valence-corrected chi connectivity index (χ2v) is 3.85. The second kappa shape index (κ2) is 3.46. The maximum absolute atomic E-state index is 10.5. The van der Waals surface area contributed by atoms with E-state index in [4.69, 9.17) is 16.9 Å². The van der Waals surface area contributed by atoms with Crippen LogP contribution in [0.3, 0.4) is 0 Å². The lowest BCUT2D eigenvalue weighted by atomic mass is 10.2. The van der Waals surface area contributed by atoms with E-state index in [1.165, 1.54) is 0 Å². The van der Waals surface area contributed by atoms with Gasteiger partial charge >= 0.3 is 5.97 Å². The Morgan fingerprint density at radius 2 is 2.50 bits per heavy atom. The molecule has 0 amide bonds. The van der Waals surface area contributed by atoms with E-state index in [0.29, 0.717) is 0 Å². The number of hydrogen-bond acceptors (Lipinski definition) is 2. The smallest absolute Gasteiger partial charge is 0.321 e. The molecule has 0 radical (unpaired) electrons. The summed E-state index contributed by atoms with van der Waals surface area (Å²) in [6, 6.07) is -0.271. The van der Waals surface area contributed by atoms with Crippen molar-refractivity contribution in [3.63, 3.8) is 0 Å². The number of carboxylic acid groups (broad SMARTS) is 1. The molecule has 2 unspecified atom stereocenters. The van der Waals surface area contributed by atoms with Gasteiger partial charge in [0.05, 0.1) is 0 Å². The largest absolute Gasteiger partial charge is 0.480 e. The molecule has 2 atom stereocenters. The van der Waals surface area contributed by atoms with Gasteiger partial charge in [-0.15, -0.1) is 0 Å². The van der Waals surface area contributed by atoms with Crippen molar-refractivity contribution >= 4 is 25.3 Å². The Morgan fingerprint density at radius 1 is 1.80 bits per heavy atom. The first-order valence-electron chi connectivity index (χ1n) is 3.19. The summed E-state index contributed by atoms with van der Waals surface area (Å²) in [4.78, 5) is 10.5. The van der Waals surface area contributed by atoms with Gasteiger partial charge in [0.25, 0.3) is 0 Å². The first-order chi connectivity index (χ1) is 4.75. The van der Waals surface area contributed by atoms with Crippen molar-refractivity contribution < 1.29 is 9.90 Å². The quantitative estimate of drug-likeness (QED) is 0.620. The molecule has 0 aromatic carbocycles. The van der Waals surface area contributed by atoms with Crippen LogP contribution < -0.4 is 0 Å². The minimum Gasteiger partial charge on any atom is -0.480 e. The van der Waals surface area contributed by atoms with E-state index in [2.05, 4.69) is 0 Å². The zero-order valence-corrected chi connectivity index (χ0v) is 7.46. The number of aliphatic carboxylic acids is 1. The lowest BCUT2D eigenvalue weighted by Gasteiger charge is -2.14. The second-order valence-electron chi connectivity index (χ2n) is 2.34. The zero-order chi connectivity index (χ0) is 7.56. The van der Waals surface area contributed by atoms with E-state index in [9.17, 15) is 4.79 Å². The average Bonchev–Trinajstić information content (AvgIpc) is 2.33. The Morgan fingerprint density at radius 3 is 2.90 bits per heavy atom. The zero-order valence-electron chi connectivity index (χ0n) is 5.49. The van der Waals surface area contributed by atoms with Gasteiger partial charge in [0.15, 0.2) is 0 Å². The first kappa shape index (κ1) is 8.18. The third kappa shape index (κ3) is 1.57. The highest BCUT2D eigenvalue weighted by Crippen LogP contribution is 2.23. The van der Waals surface area contributed by atoms with Crippen molar-refractivity contribution in [2.75, 3.05) is 6.54 Å². The van der Waals surface area contributed by atoms with Crippen LogP contribution in [0.1, 0.15) is 12.8 Å². The Hall–Kier alpha value is 0.0800. The third-order valence-corrected chi connectivity index (χ3v) is 3.42. The maximum Gasteiger partial charge on any atom is 0.321 e. The minimum absolute atomic E-state index is 0.222. The summed E-state index contributed by atoms with van der Waals surface area (Å²) in [6.07, 6.45) is 1.76. The molecule has 0 aromatic rings. The van der Waals surface area contributed by atoms with Crippen molar-refractivity contribution in [2.45, 2.75) is 18.9 Å². The number of hydrogen-bond donors (Lipinski definition) is 1. The predicted molar refractivity (Wildman–Crippen MR) is 44.4 cm³/mol. The molecule has 1 aliphatic rings. The van der Waals surface area contributed by atoms with E-state index < -0.39 is 5.97 Å². The molecule has 5 heteroatoms. The monoisotopic (exact) mass is 179 g/mol. The SMILES string of the molecule is O=C(O)C1CCCN1[PH2]=S. The molecule has 1 saturated heterocycles. The van der Waals surface area contributed by atoms with Crippen LogP contribution in [0.2, 0.25) is 0 Å². The molecule has 1 heterocycles. The van der Waals surface area contributed by atoms with Gasteiger partial charge in [0.1, 0.15) is 6.04 Å². The lowest BCUT2D eigenvalue weighted by molar-refractivity contribution is -0.140. The fraction of sp³-hybridized carbons (Fsp3) is 0.800. The van der Waals surface area contributed by atoms with E-state index >= 15 is 0 Å². The normalized spacial score (nSPS) is 28.2. The summed E-state index contributed by atoms with van der Waals surface area (Å²) in [5, 5.41) is 8.64. The van der Waals surface area contributed by atoms with Crippen molar-refractivity contribution in [3.8, 4) is 0 Å². The highest BCUT2D eigenvalue weighted by Gasteiger charge is 2.28. The molecule has 0 saturated carbocycles. The molecule has 10 heavy (non-hydrogen) atoms. The molecule has 0 aromatic heterocycles. The van der Waals surface area contributed by atoms with E-state index in [-0.39, 0.29) is 13.5 Å². The topological polar surface area (TPSA) is 40.5 Å². The molecule has 3 nitrogen and oxygen atoms in total. The van der Waals surface area contributed by atoms with Crippen LogP contribution in [-0.2, 0) is 16.6 Å². The molecule has 0 aliphatic carbocycles. The van der Waals surface area contributed by atoms with Gasteiger partial charge in [0.2, 0.25) is 0 Å². The van der Waals surface area contributed by atoms with E-state index in [1.54, 1.807) is 0 Å². The van der Waals surface area contributed by atoms with Crippen LogP contribution in [-0.4, -0.2) is 28.3 Å². The van der Waals surface area contributed by atoms with Crippen LogP contribution >= 0.6 is 7.51 Å². The van der Waals surface area contributed by atoms with Crippen LogP contribution in [0.25, 0.3) is 0 Å². The van der Waals surface area contributed by atoms with Gasteiger partial charge in [-0.3, -0.25) is 9.46 Å². The molecule has 0 spiro atoms. The Balaban J connectivity index is 2.58.